The number of Topliss-reactive ketones (excluding diaryl/α,β-unsaturated/α-hetero) is 1. The number of ketones is 1. The van der Waals surface area contributed by atoms with Gasteiger partial charge in [-0.05, 0) is 18.2 Å². The lowest BCUT2D eigenvalue weighted by Crippen LogP contribution is -2.27. The zero-order valence-electron chi connectivity index (χ0n) is 12.4. The van der Waals surface area contributed by atoms with Crippen LogP contribution in [0.4, 0.5) is 0 Å². The lowest BCUT2D eigenvalue weighted by molar-refractivity contribution is -0.117. The van der Waals surface area contributed by atoms with Gasteiger partial charge in [-0.15, -0.1) is 0 Å². The molecular weight excluding hydrogens is 314 g/mol. The summed E-state index contributed by atoms with van der Waals surface area (Å²) in [5.41, 5.74) is 2.01. The van der Waals surface area contributed by atoms with Gasteiger partial charge in [-0.25, -0.2) is 0 Å². The summed E-state index contributed by atoms with van der Waals surface area (Å²) in [4.78, 5) is 24.3. The number of rotatable bonds is 3. The Morgan fingerprint density at radius 3 is 2.57 bits per heavy atom. The first kappa shape index (κ1) is 15.3. The van der Waals surface area contributed by atoms with Crippen molar-refractivity contribution < 1.29 is 14.3 Å². The Bertz CT molecular complexity index is 812. The Hall–Kier alpha value is -2.59. The minimum Gasteiger partial charge on any atom is -0.488 e. The summed E-state index contributed by atoms with van der Waals surface area (Å²) in [5, 5.41) is 3.25. The number of hydrogen-bond donors (Lipinski definition) is 1. The van der Waals surface area contributed by atoms with Crippen LogP contribution in [0.25, 0.3) is 5.70 Å². The fourth-order valence-electron chi connectivity index (χ4n) is 2.47. The molecule has 0 aliphatic carbocycles. The molecule has 4 nitrogen and oxygen atoms in total. The highest BCUT2D eigenvalue weighted by Crippen LogP contribution is 2.34. The largest absolute Gasteiger partial charge is 0.488 e. The molecule has 5 heteroatoms. The van der Waals surface area contributed by atoms with Crippen molar-refractivity contribution in [3.8, 4) is 5.75 Å². The van der Waals surface area contributed by atoms with Gasteiger partial charge >= 0.3 is 0 Å². The van der Waals surface area contributed by atoms with E-state index in [4.69, 9.17) is 16.3 Å². The molecule has 1 N–H and O–H groups in total. The highest BCUT2D eigenvalue weighted by Gasteiger charge is 2.26. The van der Waals surface area contributed by atoms with E-state index in [9.17, 15) is 9.59 Å². The van der Waals surface area contributed by atoms with Gasteiger partial charge in [0.2, 0.25) is 5.91 Å². The summed E-state index contributed by atoms with van der Waals surface area (Å²) in [6, 6.07) is 14.0. The second-order valence-corrected chi connectivity index (χ2v) is 5.60. The van der Waals surface area contributed by atoms with Crippen molar-refractivity contribution in [2.75, 3.05) is 6.61 Å². The number of benzene rings is 2. The van der Waals surface area contributed by atoms with E-state index in [2.05, 4.69) is 5.32 Å². The van der Waals surface area contributed by atoms with Crippen LogP contribution in [0.1, 0.15) is 22.8 Å². The van der Waals surface area contributed by atoms with Gasteiger partial charge in [-0.1, -0.05) is 41.9 Å². The summed E-state index contributed by atoms with van der Waals surface area (Å²) >= 11 is 6.05. The van der Waals surface area contributed by atoms with Crippen molar-refractivity contribution in [3.05, 3.63) is 70.3 Å². The van der Waals surface area contributed by atoms with E-state index >= 15 is 0 Å². The Kier molecular flexibility index (Phi) is 4.17. The third kappa shape index (κ3) is 3.12. The average molecular weight is 328 g/mol. The molecule has 3 rings (SSSR count). The van der Waals surface area contributed by atoms with E-state index in [0.29, 0.717) is 33.2 Å². The summed E-state index contributed by atoms with van der Waals surface area (Å²) in [6.07, 6.45) is 0. The van der Waals surface area contributed by atoms with Crippen LogP contribution in [0.2, 0.25) is 5.02 Å². The minimum atomic E-state index is -0.258. The molecule has 1 aliphatic rings. The van der Waals surface area contributed by atoms with Crippen molar-refractivity contribution in [3.63, 3.8) is 0 Å². The number of carbonyl (C=O) groups excluding carboxylic acids is 2. The first-order valence-corrected chi connectivity index (χ1v) is 7.47. The fourth-order valence-corrected chi connectivity index (χ4v) is 2.64. The predicted molar refractivity (Wildman–Crippen MR) is 88.5 cm³/mol. The average Bonchev–Trinajstić information content (AvgIpc) is 2.55. The van der Waals surface area contributed by atoms with Crippen molar-refractivity contribution >= 4 is 29.0 Å². The number of hydrogen-bond acceptors (Lipinski definition) is 3. The Balaban J connectivity index is 2.14. The molecule has 1 aliphatic heterocycles. The lowest BCUT2D eigenvalue weighted by Gasteiger charge is -2.24. The molecule has 23 heavy (non-hydrogen) atoms. The second kappa shape index (κ2) is 6.26. The van der Waals surface area contributed by atoms with Crippen molar-refractivity contribution in [2.24, 2.45) is 0 Å². The van der Waals surface area contributed by atoms with Crippen molar-refractivity contribution in [2.45, 2.75) is 6.92 Å². The van der Waals surface area contributed by atoms with Crippen molar-refractivity contribution in [1.82, 2.24) is 5.32 Å². The number of ether oxygens (including phenoxy) is 1. The van der Waals surface area contributed by atoms with E-state index in [1.165, 1.54) is 6.92 Å². The molecule has 0 bridgehead atoms. The summed E-state index contributed by atoms with van der Waals surface area (Å²) in [5.74, 6) is 0.147. The first-order valence-electron chi connectivity index (χ1n) is 7.09. The molecule has 0 saturated heterocycles. The molecule has 0 spiro atoms. The van der Waals surface area contributed by atoms with Crippen LogP contribution >= 0.6 is 11.6 Å². The molecule has 0 fully saturated rings. The third-order valence-corrected chi connectivity index (χ3v) is 3.73. The first-order chi connectivity index (χ1) is 11.1. The minimum absolute atomic E-state index is 0.0952. The van der Waals surface area contributed by atoms with Gasteiger partial charge in [0.15, 0.2) is 5.78 Å². The van der Waals surface area contributed by atoms with Crippen LogP contribution in [0.15, 0.2) is 54.1 Å². The molecule has 1 heterocycles. The second-order valence-electron chi connectivity index (χ2n) is 5.16. The maximum atomic E-state index is 12.8. The highest BCUT2D eigenvalue weighted by molar-refractivity contribution is 6.31. The van der Waals surface area contributed by atoms with E-state index in [0.717, 1.165) is 0 Å². The maximum Gasteiger partial charge on any atom is 0.221 e. The number of fused-ring (bicyclic) bond motifs is 1. The van der Waals surface area contributed by atoms with Gasteiger partial charge in [0, 0.05) is 23.1 Å². The lowest BCUT2D eigenvalue weighted by atomic mass is 9.96. The van der Waals surface area contributed by atoms with Crippen LogP contribution in [0.3, 0.4) is 0 Å². The molecule has 0 aromatic heterocycles. The number of nitrogens with one attached hydrogen (secondary N) is 1. The monoisotopic (exact) mass is 327 g/mol. The topological polar surface area (TPSA) is 55.4 Å². The van der Waals surface area contributed by atoms with Crippen LogP contribution in [-0.2, 0) is 4.79 Å². The standard InChI is InChI=1S/C18H14ClNO3/c1-11(21)20-17-14-9-13(19)7-8-16(14)23-10-15(17)18(22)12-5-3-2-4-6-12/h2-9H,10H2,1H3,(H,20,21). The van der Waals surface area contributed by atoms with Gasteiger partial charge < -0.3 is 10.1 Å². The Labute approximate surface area is 138 Å². The molecular formula is C18H14ClNO3. The summed E-state index contributed by atoms with van der Waals surface area (Å²) in [6.45, 7) is 1.50. The highest BCUT2D eigenvalue weighted by atomic mass is 35.5. The van der Waals surface area contributed by atoms with Gasteiger partial charge in [0.25, 0.3) is 0 Å². The summed E-state index contributed by atoms with van der Waals surface area (Å²) < 4.78 is 5.66. The molecule has 2 aromatic carbocycles. The smallest absolute Gasteiger partial charge is 0.221 e. The molecule has 0 atom stereocenters. The third-order valence-electron chi connectivity index (χ3n) is 3.50. The molecule has 0 unspecified atom stereocenters. The molecule has 1 amide bonds. The van der Waals surface area contributed by atoms with Gasteiger partial charge in [-0.3, -0.25) is 9.59 Å². The molecule has 0 radical (unpaired) electrons. The van der Waals surface area contributed by atoms with Crippen LogP contribution in [0.5, 0.6) is 5.75 Å². The zero-order chi connectivity index (χ0) is 16.4. The van der Waals surface area contributed by atoms with E-state index in [-0.39, 0.29) is 18.3 Å². The van der Waals surface area contributed by atoms with E-state index < -0.39 is 0 Å². The van der Waals surface area contributed by atoms with Gasteiger partial charge in [0.1, 0.15) is 12.4 Å². The van der Waals surface area contributed by atoms with E-state index in [1.54, 1.807) is 42.5 Å². The zero-order valence-corrected chi connectivity index (χ0v) is 13.2. The van der Waals surface area contributed by atoms with Gasteiger partial charge in [-0.2, -0.15) is 0 Å². The van der Waals surface area contributed by atoms with Crippen LogP contribution in [0, 0.1) is 0 Å². The maximum absolute atomic E-state index is 12.8. The normalized spacial score (nSPS) is 13.1. The fraction of sp³-hybridized carbons (Fsp3) is 0.111. The quantitative estimate of drug-likeness (QED) is 0.878. The number of amides is 1. The molecule has 2 aromatic rings. The van der Waals surface area contributed by atoms with Crippen LogP contribution < -0.4 is 10.1 Å². The van der Waals surface area contributed by atoms with Crippen LogP contribution in [-0.4, -0.2) is 18.3 Å². The Morgan fingerprint density at radius 1 is 1.13 bits per heavy atom. The molecule has 0 saturated carbocycles. The SMILES string of the molecule is CC(=O)NC1=C(C(=O)c2ccccc2)COc2ccc(Cl)cc21. The molecule has 116 valence electrons. The number of halogens is 1. The summed E-state index contributed by atoms with van der Waals surface area (Å²) in [7, 11) is 0. The Morgan fingerprint density at radius 2 is 1.87 bits per heavy atom. The van der Waals surface area contributed by atoms with E-state index in [1.807, 2.05) is 6.07 Å². The van der Waals surface area contributed by atoms with Crippen molar-refractivity contribution in [1.29, 1.82) is 0 Å². The number of carbonyl (C=O) groups is 2. The predicted octanol–water partition coefficient (Wildman–Crippen LogP) is 3.46. The van der Waals surface area contributed by atoms with Gasteiger partial charge in [0.05, 0.1) is 11.3 Å².